The van der Waals surface area contributed by atoms with Crippen molar-refractivity contribution in [1.29, 1.82) is 0 Å². The van der Waals surface area contributed by atoms with E-state index < -0.39 is 26.6 Å². The highest BCUT2D eigenvalue weighted by atomic mass is 32.2. The minimum atomic E-state index is -3.94. The first kappa shape index (κ1) is 13.0. The van der Waals surface area contributed by atoms with E-state index in [1.807, 2.05) is 0 Å². The Morgan fingerprint density at radius 2 is 1.79 bits per heavy atom. The van der Waals surface area contributed by atoms with Gasteiger partial charge in [0.25, 0.3) is 0 Å². The van der Waals surface area contributed by atoms with Gasteiger partial charge < -0.3 is 5.32 Å². The summed E-state index contributed by atoms with van der Waals surface area (Å²) in [5, 5.41) is 3.20. The zero-order valence-electron chi connectivity index (χ0n) is 10.1. The van der Waals surface area contributed by atoms with Crippen LogP contribution in [0.1, 0.15) is 0 Å². The van der Waals surface area contributed by atoms with Crippen molar-refractivity contribution in [3.63, 3.8) is 0 Å². The molecule has 1 aromatic carbocycles. The van der Waals surface area contributed by atoms with Crippen molar-refractivity contribution in [3.05, 3.63) is 29.8 Å². The molecule has 2 fully saturated rings. The van der Waals surface area contributed by atoms with Crippen LogP contribution in [0.15, 0.2) is 23.1 Å². The summed E-state index contributed by atoms with van der Waals surface area (Å²) in [4.78, 5) is -0.569. The molecule has 2 aliphatic heterocycles. The molecule has 19 heavy (non-hydrogen) atoms. The molecule has 2 saturated heterocycles. The maximum atomic E-state index is 13.6. The van der Waals surface area contributed by atoms with Crippen LogP contribution in [0.5, 0.6) is 0 Å². The molecular formula is C12H14F2N2O2S. The summed E-state index contributed by atoms with van der Waals surface area (Å²) in [7, 11) is -3.94. The lowest BCUT2D eigenvalue weighted by atomic mass is 10.0. The van der Waals surface area contributed by atoms with Crippen LogP contribution in [-0.2, 0) is 10.0 Å². The molecule has 0 unspecified atom stereocenters. The quantitative estimate of drug-likeness (QED) is 0.876. The molecule has 0 aromatic heterocycles. The normalized spacial score (nSPS) is 27.7. The number of benzene rings is 1. The summed E-state index contributed by atoms with van der Waals surface area (Å²) in [6.45, 7) is 2.30. The van der Waals surface area contributed by atoms with Crippen LogP contribution < -0.4 is 5.32 Å². The Hall–Kier alpha value is -1.05. The SMILES string of the molecule is O=S(=O)(c1cc(F)ccc1F)N1C[C@H]2CNC[C@H]2C1. The van der Waals surface area contributed by atoms with E-state index in [1.54, 1.807) is 0 Å². The predicted molar refractivity (Wildman–Crippen MR) is 65.0 cm³/mol. The Kier molecular flexibility index (Phi) is 3.07. The van der Waals surface area contributed by atoms with E-state index in [9.17, 15) is 17.2 Å². The van der Waals surface area contributed by atoms with Gasteiger partial charge in [-0.3, -0.25) is 0 Å². The number of nitrogens with zero attached hydrogens (tertiary/aromatic N) is 1. The number of fused-ring (bicyclic) bond motifs is 1. The molecule has 2 atom stereocenters. The molecule has 0 bridgehead atoms. The van der Waals surface area contributed by atoms with Crippen molar-refractivity contribution >= 4 is 10.0 Å². The Morgan fingerprint density at radius 3 is 2.42 bits per heavy atom. The maximum Gasteiger partial charge on any atom is 0.246 e. The van der Waals surface area contributed by atoms with E-state index in [2.05, 4.69) is 5.32 Å². The molecule has 7 heteroatoms. The van der Waals surface area contributed by atoms with Crippen molar-refractivity contribution in [2.24, 2.45) is 11.8 Å². The Morgan fingerprint density at radius 1 is 1.16 bits per heavy atom. The lowest BCUT2D eigenvalue weighted by Gasteiger charge is -2.17. The number of hydrogen-bond donors (Lipinski definition) is 1. The molecule has 0 spiro atoms. The second kappa shape index (κ2) is 4.50. The number of rotatable bonds is 2. The van der Waals surface area contributed by atoms with Crippen molar-refractivity contribution in [3.8, 4) is 0 Å². The summed E-state index contributed by atoms with van der Waals surface area (Å²) in [6.07, 6.45) is 0. The van der Waals surface area contributed by atoms with Crippen LogP contribution in [0.25, 0.3) is 0 Å². The van der Waals surface area contributed by atoms with Crippen LogP contribution in [0, 0.1) is 23.5 Å². The van der Waals surface area contributed by atoms with Gasteiger partial charge in [-0.2, -0.15) is 4.31 Å². The Balaban J connectivity index is 1.93. The summed E-state index contributed by atoms with van der Waals surface area (Å²) >= 11 is 0. The molecule has 0 aliphatic carbocycles. The van der Waals surface area contributed by atoms with E-state index >= 15 is 0 Å². The number of sulfonamides is 1. The summed E-state index contributed by atoms with van der Waals surface area (Å²) in [5.74, 6) is -1.12. The van der Waals surface area contributed by atoms with Crippen LogP contribution in [-0.4, -0.2) is 38.9 Å². The van der Waals surface area contributed by atoms with Gasteiger partial charge in [-0.05, 0) is 43.1 Å². The summed E-state index contributed by atoms with van der Waals surface area (Å²) < 4.78 is 52.7. The Labute approximate surface area is 110 Å². The predicted octanol–water partition coefficient (Wildman–Crippen LogP) is 0.805. The average molecular weight is 288 g/mol. The van der Waals surface area contributed by atoms with Gasteiger partial charge in [0, 0.05) is 13.1 Å². The monoisotopic (exact) mass is 288 g/mol. The summed E-state index contributed by atoms with van der Waals surface area (Å²) in [5.41, 5.74) is 0. The fraction of sp³-hybridized carbons (Fsp3) is 0.500. The fourth-order valence-corrected chi connectivity index (χ4v) is 4.45. The van der Waals surface area contributed by atoms with Crippen LogP contribution >= 0.6 is 0 Å². The molecule has 1 aromatic rings. The van der Waals surface area contributed by atoms with Crippen LogP contribution in [0.4, 0.5) is 8.78 Å². The van der Waals surface area contributed by atoms with Crippen LogP contribution in [0.2, 0.25) is 0 Å². The highest BCUT2D eigenvalue weighted by Crippen LogP contribution is 2.31. The third kappa shape index (κ3) is 2.15. The standard InChI is InChI=1S/C12H14F2N2O2S/c13-10-1-2-11(14)12(3-10)19(17,18)16-6-8-4-15-5-9(8)7-16/h1-3,8-9,15H,4-7H2/t8-,9+. The van der Waals surface area contributed by atoms with E-state index in [0.29, 0.717) is 13.1 Å². The lowest BCUT2D eigenvalue weighted by molar-refractivity contribution is 0.441. The first-order valence-corrected chi connectivity index (χ1v) is 7.58. The smallest absolute Gasteiger partial charge is 0.246 e. The second-order valence-electron chi connectivity index (χ2n) is 5.08. The van der Waals surface area contributed by atoms with Crippen molar-refractivity contribution < 1.29 is 17.2 Å². The zero-order chi connectivity index (χ0) is 13.6. The minimum absolute atomic E-state index is 0.270. The lowest BCUT2D eigenvalue weighted by Crippen LogP contribution is -2.32. The van der Waals surface area contributed by atoms with Gasteiger partial charge in [-0.25, -0.2) is 17.2 Å². The number of hydrogen-bond acceptors (Lipinski definition) is 3. The number of nitrogens with one attached hydrogen (secondary N) is 1. The van der Waals surface area contributed by atoms with E-state index in [-0.39, 0.29) is 11.8 Å². The highest BCUT2D eigenvalue weighted by Gasteiger charge is 2.42. The van der Waals surface area contributed by atoms with Crippen molar-refractivity contribution in [2.75, 3.05) is 26.2 Å². The van der Waals surface area contributed by atoms with Gasteiger partial charge in [-0.15, -0.1) is 0 Å². The summed E-state index contributed by atoms with van der Waals surface area (Å²) in [6, 6.07) is 2.51. The molecule has 0 amide bonds. The van der Waals surface area contributed by atoms with Crippen molar-refractivity contribution in [2.45, 2.75) is 4.90 Å². The maximum absolute atomic E-state index is 13.6. The first-order valence-electron chi connectivity index (χ1n) is 6.14. The largest absolute Gasteiger partial charge is 0.316 e. The van der Waals surface area contributed by atoms with Gasteiger partial charge in [0.05, 0.1) is 0 Å². The topological polar surface area (TPSA) is 49.4 Å². The average Bonchev–Trinajstić information content (AvgIpc) is 2.92. The van der Waals surface area contributed by atoms with Gasteiger partial charge in [-0.1, -0.05) is 0 Å². The zero-order valence-corrected chi connectivity index (χ0v) is 11.0. The molecule has 2 aliphatic rings. The van der Waals surface area contributed by atoms with Gasteiger partial charge in [0.2, 0.25) is 10.0 Å². The minimum Gasteiger partial charge on any atom is -0.316 e. The van der Waals surface area contributed by atoms with Gasteiger partial charge in [0.1, 0.15) is 16.5 Å². The molecule has 104 valence electrons. The van der Waals surface area contributed by atoms with Crippen LogP contribution in [0.3, 0.4) is 0 Å². The van der Waals surface area contributed by atoms with E-state index in [0.717, 1.165) is 31.3 Å². The third-order valence-electron chi connectivity index (χ3n) is 3.87. The number of halogens is 2. The van der Waals surface area contributed by atoms with Gasteiger partial charge in [0.15, 0.2) is 0 Å². The molecule has 0 radical (unpaired) electrons. The van der Waals surface area contributed by atoms with Gasteiger partial charge >= 0.3 is 0 Å². The molecule has 0 saturated carbocycles. The Bertz CT molecular complexity index is 594. The van der Waals surface area contributed by atoms with E-state index in [1.165, 1.54) is 4.31 Å². The molecule has 2 heterocycles. The third-order valence-corrected chi connectivity index (χ3v) is 5.71. The van der Waals surface area contributed by atoms with E-state index in [4.69, 9.17) is 0 Å². The fourth-order valence-electron chi connectivity index (χ4n) is 2.82. The first-order chi connectivity index (χ1) is 8.98. The molecular weight excluding hydrogens is 274 g/mol. The second-order valence-corrected chi connectivity index (χ2v) is 6.98. The molecule has 3 rings (SSSR count). The molecule has 1 N–H and O–H groups in total. The highest BCUT2D eigenvalue weighted by molar-refractivity contribution is 7.89. The van der Waals surface area contributed by atoms with Crippen molar-refractivity contribution in [1.82, 2.24) is 9.62 Å². The molecule has 4 nitrogen and oxygen atoms in total.